The van der Waals surface area contributed by atoms with Crippen molar-refractivity contribution >= 4 is 0 Å². The summed E-state index contributed by atoms with van der Waals surface area (Å²) in [6, 6.07) is 12.1. The lowest BCUT2D eigenvalue weighted by Gasteiger charge is -2.14. The van der Waals surface area contributed by atoms with Crippen LogP contribution in [0.4, 0.5) is 0 Å². The van der Waals surface area contributed by atoms with Gasteiger partial charge < -0.3 is 24.3 Å². The molecule has 0 aliphatic carbocycles. The Morgan fingerprint density at radius 2 is 1.70 bits per heavy atom. The van der Waals surface area contributed by atoms with Gasteiger partial charge >= 0.3 is 0 Å². The largest absolute Gasteiger partial charge is 0.493 e. The maximum absolute atomic E-state index is 5.79. The van der Waals surface area contributed by atoms with Crippen LogP contribution >= 0.6 is 0 Å². The fourth-order valence-electron chi connectivity index (χ4n) is 2.86. The van der Waals surface area contributed by atoms with Crippen molar-refractivity contribution in [3.8, 4) is 23.0 Å². The zero-order valence-electron chi connectivity index (χ0n) is 16.8. The molecule has 27 heavy (non-hydrogen) atoms. The second-order valence-electron chi connectivity index (χ2n) is 6.27. The van der Waals surface area contributed by atoms with Crippen LogP contribution in [0.3, 0.4) is 0 Å². The third-order valence-corrected chi connectivity index (χ3v) is 4.37. The zero-order chi connectivity index (χ0) is 19.5. The van der Waals surface area contributed by atoms with E-state index in [1.165, 1.54) is 5.56 Å². The van der Waals surface area contributed by atoms with Gasteiger partial charge in [-0.25, -0.2) is 0 Å². The van der Waals surface area contributed by atoms with Gasteiger partial charge in [0.05, 0.1) is 27.9 Å². The minimum Gasteiger partial charge on any atom is -0.493 e. The highest BCUT2D eigenvalue weighted by molar-refractivity contribution is 5.46. The maximum atomic E-state index is 5.79. The predicted molar refractivity (Wildman–Crippen MR) is 108 cm³/mol. The predicted octanol–water partition coefficient (Wildman–Crippen LogP) is 4.22. The van der Waals surface area contributed by atoms with Crippen LogP contribution in [0.15, 0.2) is 36.4 Å². The standard InChI is InChI=1S/C22H31NO4/c1-5-6-14-27-19-11-10-17(15-21(19)25-3)12-13-23-16-18-8-7-9-20(24-2)22(18)26-4/h7-11,15,23H,5-6,12-14,16H2,1-4H3. The second kappa shape index (κ2) is 11.3. The number of hydrogen-bond donors (Lipinski definition) is 1. The molecule has 0 saturated heterocycles. The topological polar surface area (TPSA) is 49.0 Å². The van der Waals surface area contributed by atoms with Crippen LogP contribution in [0.5, 0.6) is 23.0 Å². The first-order chi connectivity index (χ1) is 13.2. The number of ether oxygens (including phenoxy) is 4. The first-order valence-corrected chi connectivity index (χ1v) is 9.43. The van der Waals surface area contributed by atoms with Gasteiger partial charge in [-0.15, -0.1) is 0 Å². The minimum atomic E-state index is 0.718. The van der Waals surface area contributed by atoms with Gasteiger partial charge in [0.25, 0.3) is 0 Å². The van der Waals surface area contributed by atoms with Gasteiger partial charge in [0.2, 0.25) is 0 Å². The quantitative estimate of drug-likeness (QED) is 0.565. The molecule has 2 rings (SSSR count). The molecule has 0 bridgehead atoms. The summed E-state index contributed by atoms with van der Waals surface area (Å²) in [5, 5.41) is 3.46. The molecule has 0 heterocycles. The lowest BCUT2D eigenvalue weighted by Crippen LogP contribution is -2.17. The average molecular weight is 373 g/mol. The third kappa shape index (κ3) is 6.07. The zero-order valence-corrected chi connectivity index (χ0v) is 16.8. The molecule has 5 heteroatoms. The summed E-state index contributed by atoms with van der Waals surface area (Å²) in [6.45, 7) is 4.43. The van der Waals surface area contributed by atoms with E-state index in [4.69, 9.17) is 18.9 Å². The SMILES string of the molecule is CCCCOc1ccc(CCNCc2cccc(OC)c2OC)cc1OC. The minimum absolute atomic E-state index is 0.718. The van der Waals surface area contributed by atoms with Crippen LogP contribution < -0.4 is 24.3 Å². The molecule has 0 aromatic heterocycles. The molecule has 1 N–H and O–H groups in total. The summed E-state index contributed by atoms with van der Waals surface area (Å²) in [5.41, 5.74) is 2.29. The molecule has 148 valence electrons. The van der Waals surface area contributed by atoms with E-state index >= 15 is 0 Å². The lowest BCUT2D eigenvalue weighted by atomic mass is 10.1. The van der Waals surface area contributed by atoms with Gasteiger partial charge in [0.1, 0.15) is 0 Å². The average Bonchev–Trinajstić information content (AvgIpc) is 2.71. The Hall–Kier alpha value is -2.40. The lowest BCUT2D eigenvalue weighted by molar-refractivity contribution is 0.288. The van der Waals surface area contributed by atoms with Crippen LogP contribution in [-0.2, 0) is 13.0 Å². The number of unbranched alkanes of at least 4 members (excludes halogenated alkanes) is 1. The Bertz CT molecular complexity index is 703. The summed E-state index contributed by atoms with van der Waals surface area (Å²) in [6.07, 6.45) is 3.06. The molecule has 0 saturated carbocycles. The van der Waals surface area contributed by atoms with Crippen LogP contribution in [0.1, 0.15) is 30.9 Å². The van der Waals surface area contributed by atoms with Crippen molar-refractivity contribution in [2.24, 2.45) is 0 Å². The van der Waals surface area contributed by atoms with Crippen molar-refractivity contribution in [2.75, 3.05) is 34.5 Å². The second-order valence-corrected chi connectivity index (χ2v) is 6.27. The normalized spacial score (nSPS) is 10.5. The highest BCUT2D eigenvalue weighted by Crippen LogP contribution is 2.31. The number of nitrogens with one attached hydrogen (secondary N) is 1. The van der Waals surface area contributed by atoms with Gasteiger partial charge in [0, 0.05) is 12.1 Å². The molecular weight excluding hydrogens is 342 g/mol. The Morgan fingerprint density at radius 1 is 0.889 bits per heavy atom. The molecule has 2 aromatic rings. The molecule has 0 fully saturated rings. The van der Waals surface area contributed by atoms with Crippen molar-refractivity contribution in [3.63, 3.8) is 0 Å². The maximum Gasteiger partial charge on any atom is 0.165 e. The van der Waals surface area contributed by atoms with Crippen LogP contribution in [0, 0.1) is 0 Å². The molecule has 0 aliphatic rings. The Balaban J connectivity index is 1.88. The van der Waals surface area contributed by atoms with E-state index in [9.17, 15) is 0 Å². The molecule has 5 nitrogen and oxygen atoms in total. The third-order valence-electron chi connectivity index (χ3n) is 4.37. The Labute approximate surface area is 162 Å². The van der Waals surface area contributed by atoms with E-state index in [1.54, 1.807) is 21.3 Å². The van der Waals surface area contributed by atoms with E-state index in [-0.39, 0.29) is 0 Å². The summed E-state index contributed by atoms with van der Waals surface area (Å²) >= 11 is 0. The van der Waals surface area contributed by atoms with Crippen molar-refractivity contribution in [1.82, 2.24) is 5.32 Å². The highest BCUT2D eigenvalue weighted by Gasteiger charge is 2.09. The van der Waals surface area contributed by atoms with Crippen molar-refractivity contribution in [1.29, 1.82) is 0 Å². The van der Waals surface area contributed by atoms with Gasteiger partial charge in [-0.3, -0.25) is 0 Å². The highest BCUT2D eigenvalue weighted by atomic mass is 16.5. The summed E-state index contributed by atoms with van der Waals surface area (Å²) in [5.74, 6) is 3.13. The van der Waals surface area contributed by atoms with Crippen LogP contribution in [-0.4, -0.2) is 34.5 Å². The monoisotopic (exact) mass is 373 g/mol. The summed E-state index contributed by atoms with van der Waals surface area (Å²) in [4.78, 5) is 0. The van der Waals surface area contributed by atoms with Crippen molar-refractivity contribution in [3.05, 3.63) is 47.5 Å². The summed E-state index contributed by atoms with van der Waals surface area (Å²) < 4.78 is 22.1. The Kier molecular flexibility index (Phi) is 8.78. The number of rotatable bonds is 12. The number of benzene rings is 2. The first kappa shape index (κ1) is 20.9. The van der Waals surface area contributed by atoms with E-state index in [0.717, 1.165) is 67.5 Å². The van der Waals surface area contributed by atoms with Gasteiger partial charge in [-0.05, 0) is 43.1 Å². The van der Waals surface area contributed by atoms with Crippen molar-refractivity contribution in [2.45, 2.75) is 32.7 Å². The number of para-hydroxylation sites is 1. The molecule has 0 radical (unpaired) electrons. The fraction of sp³-hybridized carbons (Fsp3) is 0.455. The smallest absolute Gasteiger partial charge is 0.165 e. The summed E-state index contributed by atoms with van der Waals surface area (Å²) in [7, 11) is 4.99. The van der Waals surface area contributed by atoms with Gasteiger partial charge in [0.15, 0.2) is 23.0 Å². The van der Waals surface area contributed by atoms with E-state index in [1.807, 2.05) is 24.3 Å². The van der Waals surface area contributed by atoms with Gasteiger partial charge in [-0.1, -0.05) is 31.5 Å². The van der Waals surface area contributed by atoms with Gasteiger partial charge in [-0.2, -0.15) is 0 Å². The number of methoxy groups -OCH3 is 3. The molecule has 0 unspecified atom stereocenters. The Morgan fingerprint density at radius 3 is 2.41 bits per heavy atom. The molecule has 0 aliphatic heterocycles. The molecule has 0 atom stereocenters. The molecule has 2 aromatic carbocycles. The first-order valence-electron chi connectivity index (χ1n) is 9.43. The van der Waals surface area contributed by atoms with Crippen molar-refractivity contribution < 1.29 is 18.9 Å². The molecule has 0 amide bonds. The van der Waals surface area contributed by atoms with E-state index < -0.39 is 0 Å². The molecular formula is C22H31NO4. The molecule has 0 spiro atoms. The van der Waals surface area contributed by atoms with E-state index in [0.29, 0.717) is 0 Å². The van der Waals surface area contributed by atoms with Crippen LogP contribution in [0.2, 0.25) is 0 Å². The number of hydrogen-bond acceptors (Lipinski definition) is 5. The fourth-order valence-corrected chi connectivity index (χ4v) is 2.86. The van der Waals surface area contributed by atoms with Crippen LogP contribution in [0.25, 0.3) is 0 Å². The van der Waals surface area contributed by atoms with E-state index in [2.05, 4.69) is 24.4 Å².